The van der Waals surface area contributed by atoms with Gasteiger partial charge in [-0.1, -0.05) is 29.8 Å². The highest BCUT2D eigenvalue weighted by Gasteiger charge is 2.18. The van der Waals surface area contributed by atoms with E-state index >= 15 is 0 Å². The van der Waals surface area contributed by atoms with E-state index in [2.05, 4.69) is 27.3 Å². The Balaban J connectivity index is 2.41. The second-order valence-electron chi connectivity index (χ2n) is 4.00. The number of aliphatic hydroxyl groups is 1. The molecule has 20 heavy (non-hydrogen) atoms. The van der Waals surface area contributed by atoms with E-state index in [1.165, 1.54) is 6.07 Å². The summed E-state index contributed by atoms with van der Waals surface area (Å²) in [6.45, 7) is -0.350. The van der Waals surface area contributed by atoms with Crippen LogP contribution in [0.3, 0.4) is 0 Å². The number of nitrogens with one attached hydrogen (secondary N) is 1. The second-order valence-corrected chi connectivity index (χ2v) is 7.30. The predicted octanol–water partition coefficient (Wildman–Crippen LogP) is 3.24. The maximum Gasteiger partial charge on any atom is 0.262 e. The molecule has 0 amide bonds. The number of hydrogen-bond acceptors (Lipinski definition) is 3. The Hall–Kier alpha value is -0.830. The van der Waals surface area contributed by atoms with Crippen LogP contribution in [0.2, 0.25) is 5.02 Å². The third kappa shape index (κ3) is 3.43. The van der Waals surface area contributed by atoms with Gasteiger partial charge in [-0.05, 0) is 52.4 Å². The Labute approximate surface area is 136 Å². The molecule has 0 aliphatic heterocycles. The van der Waals surface area contributed by atoms with E-state index in [1.807, 2.05) is 0 Å². The summed E-state index contributed by atoms with van der Waals surface area (Å²) < 4.78 is 28.0. The van der Waals surface area contributed by atoms with Crippen LogP contribution >= 0.6 is 34.2 Å². The summed E-state index contributed by atoms with van der Waals surface area (Å²) in [6.07, 6.45) is 0. The lowest BCUT2D eigenvalue weighted by atomic mass is 10.2. The number of rotatable bonds is 4. The normalized spacial score (nSPS) is 11.3. The first-order chi connectivity index (χ1) is 9.44. The van der Waals surface area contributed by atoms with E-state index < -0.39 is 10.0 Å². The molecule has 0 atom stereocenters. The van der Waals surface area contributed by atoms with Gasteiger partial charge >= 0.3 is 0 Å². The highest BCUT2D eigenvalue weighted by molar-refractivity contribution is 14.1. The molecule has 0 aromatic heterocycles. The van der Waals surface area contributed by atoms with Gasteiger partial charge in [0, 0.05) is 3.57 Å². The molecule has 0 radical (unpaired) electrons. The minimum Gasteiger partial charge on any atom is -0.392 e. The van der Waals surface area contributed by atoms with Gasteiger partial charge in [-0.25, -0.2) is 8.42 Å². The average Bonchev–Trinajstić information content (AvgIpc) is 2.42. The first-order valence-electron chi connectivity index (χ1n) is 5.60. The zero-order valence-electron chi connectivity index (χ0n) is 10.2. The molecular formula is C13H11ClINO3S. The predicted molar refractivity (Wildman–Crippen MR) is 87.3 cm³/mol. The van der Waals surface area contributed by atoms with Gasteiger partial charge in [-0.2, -0.15) is 0 Å². The highest BCUT2D eigenvalue weighted by atomic mass is 127. The van der Waals surface area contributed by atoms with Crippen molar-refractivity contribution in [3.63, 3.8) is 0 Å². The minimum atomic E-state index is -3.79. The summed E-state index contributed by atoms with van der Waals surface area (Å²) in [5.41, 5.74) is 0.640. The Kier molecular flexibility index (Phi) is 4.90. The largest absolute Gasteiger partial charge is 0.392 e. The Morgan fingerprint density at radius 3 is 2.55 bits per heavy atom. The molecule has 0 heterocycles. The third-order valence-corrected chi connectivity index (χ3v) is 5.06. The van der Waals surface area contributed by atoms with Crippen molar-refractivity contribution in [3.8, 4) is 0 Å². The van der Waals surface area contributed by atoms with Crippen molar-refractivity contribution in [1.29, 1.82) is 0 Å². The molecular weight excluding hydrogens is 413 g/mol. The maximum absolute atomic E-state index is 12.3. The van der Waals surface area contributed by atoms with Crippen molar-refractivity contribution in [2.45, 2.75) is 11.5 Å². The van der Waals surface area contributed by atoms with Crippen molar-refractivity contribution < 1.29 is 13.5 Å². The average molecular weight is 424 g/mol. The lowest BCUT2D eigenvalue weighted by Gasteiger charge is -2.12. The number of sulfonamides is 1. The van der Waals surface area contributed by atoms with Crippen LogP contribution in [0.4, 0.5) is 5.69 Å². The number of anilines is 1. The summed E-state index contributed by atoms with van der Waals surface area (Å²) in [5, 5.41) is 9.54. The zero-order valence-corrected chi connectivity index (χ0v) is 13.9. The number of halogens is 2. The van der Waals surface area contributed by atoms with Crippen LogP contribution in [0.25, 0.3) is 0 Å². The van der Waals surface area contributed by atoms with Gasteiger partial charge in [0.2, 0.25) is 0 Å². The zero-order chi connectivity index (χ0) is 14.8. The molecule has 2 N–H and O–H groups in total. The smallest absolute Gasteiger partial charge is 0.262 e. The first-order valence-corrected chi connectivity index (χ1v) is 8.54. The maximum atomic E-state index is 12.3. The van der Waals surface area contributed by atoms with Crippen LogP contribution in [0.1, 0.15) is 5.56 Å². The van der Waals surface area contributed by atoms with Gasteiger partial charge < -0.3 is 5.11 Å². The van der Waals surface area contributed by atoms with Crippen molar-refractivity contribution in [3.05, 3.63) is 56.6 Å². The fourth-order valence-electron chi connectivity index (χ4n) is 1.67. The van der Waals surface area contributed by atoms with E-state index in [0.717, 1.165) is 3.57 Å². The van der Waals surface area contributed by atoms with Gasteiger partial charge in [0.15, 0.2) is 0 Å². The van der Waals surface area contributed by atoms with Crippen LogP contribution < -0.4 is 4.72 Å². The van der Waals surface area contributed by atoms with Gasteiger partial charge in [-0.3, -0.25) is 4.72 Å². The van der Waals surface area contributed by atoms with Crippen LogP contribution in [-0.2, 0) is 16.6 Å². The van der Waals surface area contributed by atoms with Crippen LogP contribution in [-0.4, -0.2) is 13.5 Å². The third-order valence-electron chi connectivity index (χ3n) is 2.61. The fraction of sp³-hybridized carbons (Fsp3) is 0.0769. The van der Waals surface area contributed by atoms with Crippen molar-refractivity contribution in [2.24, 2.45) is 0 Å². The van der Waals surface area contributed by atoms with Crippen LogP contribution in [0, 0.1) is 3.57 Å². The van der Waals surface area contributed by atoms with Crippen molar-refractivity contribution in [2.75, 3.05) is 4.72 Å². The molecule has 0 spiro atoms. The molecule has 2 aromatic carbocycles. The molecule has 4 nitrogen and oxygen atoms in total. The number of hydrogen-bond donors (Lipinski definition) is 2. The summed E-state index contributed by atoms with van der Waals surface area (Å²) >= 11 is 8.10. The summed E-state index contributed by atoms with van der Waals surface area (Å²) in [6, 6.07) is 11.3. The van der Waals surface area contributed by atoms with E-state index in [9.17, 15) is 13.5 Å². The minimum absolute atomic E-state index is 0.0390. The monoisotopic (exact) mass is 423 g/mol. The standard InChI is InChI=1S/C13H11ClINO3S/c14-11-7-10(15)5-6-12(11)16-20(18,19)13-4-2-1-3-9(13)8-17/h1-7,16-17H,8H2. The Bertz CT molecular complexity index is 734. The quantitative estimate of drug-likeness (QED) is 0.742. The molecule has 0 saturated heterocycles. The van der Waals surface area contributed by atoms with Crippen LogP contribution in [0.5, 0.6) is 0 Å². The van der Waals surface area contributed by atoms with Crippen molar-refractivity contribution >= 4 is 49.9 Å². The summed E-state index contributed by atoms with van der Waals surface area (Å²) in [7, 11) is -3.79. The molecule has 0 aliphatic carbocycles. The summed E-state index contributed by atoms with van der Waals surface area (Å²) in [5.74, 6) is 0. The Morgan fingerprint density at radius 1 is 1.20 bits per heavy atom. The second kappa shape index (κ2) is 6.30. The van der Waals surface area contributed by atoms with Gasteiger partial charge in [0.25, 0.3) is 10.0 Å². The topological polar surface area (TPSA) is 66.4 Å². The molecule has 7 heteroatoms. The molecule has 106 valence electrons. The molecule has 2 aromatic rings. The lowest BCUT2D eigenvalue weighted by molar-refractivity contribution is 0.278. The van der Waals surface area contributed by atoms with Crippen LogP contribution in [0.15, 0.2) is 47.4 Å². The van der Waals surface area contributed by atoms with Crippen molar-refractivity contribution in [1.82, 2.24) is 0 Å². The lowest BCUT2D eigenvalue weighted by Crippen LogP contribution is -2.15. The molecule has 2 rings (SSSR count). The highest BCUT2D eigenvalue weighted by Crippen LogP contribution is 2.27. The Morgan fingerprint density at radius 2 is 1.90 bits per heavy atom. The summed E-state index contributed by atoms with van der Waals surface area (Å²) in [4.78, 5) is 0.0390. The molecule has 0 unspecified atom stereocenters. The van der Waals surface area contributed by atoms with E-state index in [1.54, 1.807) is 36.4 Å². The van der Waals surface area contributed by atoms with Gasteiger partial charge in [0.1, 0.15) is 0 Å². The molecule has 0 saturated carbocycles. The fourth-order valence-corrected chi connectivity index (χ4v) is 3.94. The number of benzene rings is 2. The molecule has 0 fully saturated rings. The molecule has 0 bridgehead atoms. The van der Waals surface area contributed by atoms with Gasteiger partial charge in [0.05, 0.1) is 22.2 Å². The SMILES string of the molecule is O=S(=O)(Nc1ccc(I)cc1Cl)c1ccccc1CO. The van der Waals surface area contributed by atoms with E-state index in [4.69, 9.17) is 11.6 Å². The molecule has 0 aliphatic rings. The van der Waals surface area contributed by atoms with Gasteiger partial charge in [-0.15, -0.1) is 0 Å². The van der Waals surface area contributed by atoms with E-state index in [0.29, 0.717) is 16.3 Å². The first kappa shape index (κ1) is 15.6. The number of aliphatic hydroxyl groups excluding tert-OH is 1. The van der Waals surface area contributed by atoms with E-state index in [-0.39, 0.29) is 11.5 Å².